The number of halogens is 1. The molecule has 0 N–H and O–H groups in total. The Morgan fingerprint density at radius 1 is 1.25 bits per heavy atom. The molecule has 0 aliphatic carbocycles. The minimum absolute atomic E-state index is 0.307. The molecule has 0 fully saturated rings. The molecule has 0 bridgehead atoms. The van der Waals surface area contributed by atoms with Crippen LogP contribution in [0.1, 0.15) is 30.9 Å². The molecule has 4 heteroatoms. The van der Waals surface area contributed by atoms with Gasteiger partial charge in [-0.25, -0.2) is 4.39 Å². The first kappa shape index (κ1) is 14.4. The van der Waals surface area contributed by atoms with Gasteiger partial charge in [0.1, 0.15) is 11.6 Å². The average molecular weight is 274 g/mol. The van der Waals surface area contributed by atoms with Crippen molar-refractivity contribution in [1.29, 1.82) is 0 Å². The van der Waals surface area contributed by atoms with Crippen LogP contribution in [0.2, 0.25) is 0 Å². The molecule has 0 atom stereocenters. The normalized spacial score (nSPS) is 10.6. The molecule has 0 aliphatic heterocycles. The third-order valence-electron chi connectivity index (χ3n) is 3.31. The van der Waals surface area contributed by atoms with Gasteiger partial charge in [-0.15, -0.1) is 0 Å². The van der Waals surface area contributed by atoms with Gasteiger partial charge in [0.25, 0.3) is 0 Å². The topological polar surface area (TPSA) is 35.0 Å². The Morgan fingerprint density at radius 3 is 2.80 bits per heavy atom. The van der Waals surface area contributed by atoms with Crippen molar-refractivity contribution in [3.63, 3.8) is 0 Å². The number of benzene rings is 1. The highest BCUT2D eigenvalue weighted by Crippen LogP contribution is 2.32. The highest BCUT2D eigenvalue weighted by Gasteiger charge is 2.13. The van der Waals surface area contributed by atoms with E-state index in [1.54, 1.807) is 12.3 Å². The number of hydrogen-bond donors (Lipinski definition) is 0. The average Bonchev–Trinajstić information content (AvgIpc) is 2.43. The van der Waals surface area contributed by atoms with Crippen molar-refractivity contribution in [1.82, 2.24) is 10.2 Å². The second-order valence-electron chi connectivity index (χ2n) is 4.84. The van der Waals surface area contributed by atoms with E-state index in [-0.39, 0.29) is 5.82 Å². The maximum absolute atomic E-state index is 13.4. The number of hydrogen-bond acceptors (Lipinski definition) is 3. The molecule has 3 nitrogen and oxygen atoms in total. The Morgan fingerprint density at radius 2 is 2.05 bits per heavy atom. The second-order valence-corrected chi connectivity index (χ2v) is 4.84. The van der Waals surface area contributed by atoms with Crippen LogP contribution in [0.4, 0.5) is 4.39 Å². The van der Waals surface area contributed by atoms with E-state index < -0.39 is 0 Å². The summed E-state index contributed by atoms with van der Waals surface area (Å²) in [6.07, 6.45) is 3.70. The summed E-state index contributed by atoms with van der Waals surface area (Å²) >= 11 is 0. The fourth-order valence-corrected chi connectivity index (χ4v) is 1.93. The van der Waals surface area contributed by atoms with Crippen molar-refractivity contribution in [3.05, 3.63) is 41.3 Å². The largest absolute Gasteiger partial charge is 0.493 e. The molecular formula is C16H19FN2O. The van der Waals surface area contributed by atoms with Gasteiger partial charge in [-0.3, -0.25) is 0 Å². The number of unbranched alkanes of at least 4 members (excludes halogenated alkanes) is 1. The van der Waals surface area contributed by atoms with E-state index in [0.29, 0.717) is 12.4 Å². The van der Waals surface area contributed by atoms with Crippen LogP contribution < -0.4 is 4.74 Å². The minimum Gasteiger partial charge on any atom is -0.493 e. The standard InChI is InChI=1S/C16H19FN2O/c1-4-5-8-20-15-9-13(17)6-7-14(15)16-12(3)11(2)10-18-19-16/h6-7,9-10H,4-5,8H2,1-3H3. The lowest BCUT2D eigenvalue weighted by Crippen LogP contribution is -2.01. The zero-order valence-corrected chi connectivity index (χ0v) is 12.1. The van der Waals surface area contributed by atoms with Gasteiger partial charge in [-0.1, -0.05) is 13.3 Å². The van der Waals surface area contributed by atoms with Crippen molar-refractivity contribution in [3.8, 4) is 17.0 Å². The monoisotopic (exact) mass is 274 g/mol. The minimum atomic E-state index is -0.307. The summed E-state index contributed by atoms with van der Waals surface area (Å²) in [6, 6.07) is 4.53. The first-order chi connectivity index (χ1) is 9.63. The van der Waals surface area contributed by atoms with Crippen LogP contribution in [-0.2, 0) is 0 Å². The predicted molar refractivity (Wildman–Crippen MR) is 77.3 cm³/mol. The smallest absolute Gasteiger partial charge is 0.131 e. The zero-order chi connectivity index (χ0) is 14.5. The molecule has 1 heterocycles. The van der Waals surface area contributed by atoms with E-state index in [9.17, 15) is 4.39 Å². The van der Waals surface area contributed by atoms with Crippen molar-refractivity contribution in [2.24, 2.45) is 0 Å². The summed E-state index contributed by atoms with van der Waals surface area (Å²) in [4.78, 5) is 0. The summed E-state index contributed by atoms with van der Waals surface area (Å²) < 4.78 is 19.1. The van der Waals surface area contributed by atoms with E-state index in [0.717, 1.165) is 35.2 Å². The molecule has 106 valence electrons. The van der Waals surface area contributed by atoms with E-state index in [2.05, 4.69) is 17.1 Å². The molecule has 0 spiro atoms. The van der Waals surface area contributed by atoms with E-state index in [4.69, 9.17) is 4.74 Å². The molecule has 0 aliphatic rings. The van der Waals surface area contributed by atoms with Crippen LogP contribution in [-0.4, -0.2) is 16.8 Å². The summed E-state index contributed by atoms with van der Waals surface area (Å²) in [6.45, 7) is 6.63. The van der Waals surface area contributed by atoms with Gasteiger partial charge in [-0.05, 0) is 43.5 Å². The Hall–Kier alpha value is -1.97. The Labute approximate surface area is 118 Å². The fraction of sp³-hybridized carbons (Fsp3) is 0.375. The van der Waals surface area contributed by atoms with Gasteiger partial charge in [0, 0.05) is 11.6 Å². The molecule has 0 saturated carbocycles. The van der Waals surface area contributed by atoms with Gasteiger partial charge >= 0.3 is 0 Å². The molecular weight excluding hydrogens is 255 g/mol. The maximum atomic E-state index is 13.4. The van der Waals surface area contributed by atoms with Crippen LogP contribution in [0.3, 0.4) is 0 Å². The van der Waals surface area contributed by atoms with Crippen LogP contribution in [0.15, 0.2) is 24.4 Å². The second kappa shape index (κ2) is 6.46. The summed E-state index contributed by atoms with van der Waals surface area (Å²) in [5.41, 5.74) is 3.62. The van der Waals surface area contributed by atoms with Crippen molar-refractivity contribution < 1.29 is 9.13 Å². The number of rotatable bonds is 5. The SMILES string of the molecule is CCCCOc1cc(F)ccc1-c1nncc(C)c1C. The lowest BCUT2D eigenvalue weighted by molar-refractivity contribution is 0.309. The number of ether oxygens (including phenoxy) is 1. The van der Waals surface area contributed by atoms with E-state index >= 15 is 0 Å². The zero-order valence-electron chi connectivity index (χ0n) is 12.1. The van der Waals surface area contributed by atoms with Crippen molar-refractivity contribution in [2.75, 3.05) is 6.61 Å². The van der Waals surface area contributed by atoms with Gasteiger partial charge in [0.05, 0.1) is 18.5 Å². The first-order valence-electron chi connectivity index (χ1n) is 6.85. The molecule has 0 amide bonds. The quantitative estimate of drug-likeness (QED) is 0.771. The van der Waals surface area contributed by atoms with Crippen molar-refractivity contribution in [2.45, 2.75) is 33.6 Å². The van der Waals surface area contributed by atoms with Crippen LogP contribution in [0.25, 0.3) is 11.3 Å². The molecule has 0 radical (unpaired) electrons. The molecule has 2 rings (SSSR count). The summed E-state index contributed by atoms with van der Waals surface area (Å²) in [7, 11) is 0. The predicted octanol–water partition coefficient (Wildman–Crippen LogP) is 4.08. The fourth-order valence-electron chi connectivity index (χ4n) is 1.93. The molecule has 0 saturated heterocycles. The lowest BCUT2D eigenvalue weighted by atomic mass is 10.0. The van der Waals surface area contributed by atoms with Gasteiger partial charge in [-0.2, -0.15) is 10.2 Å². The van der Waals surface area contributed by atoms with Gasteiger partial charge in [0.15, 0.2) is 0 Å². The molecule has 20 heavy (non-hydrogen) atoms. The maximum Gasteiger partial charge on any atom is 0.131 e. The number of nitrogens with zero attached hydrogens (tertiary/aromatic N) is 2. The lowest BCUT2D eigenvalue weighted by Gasteiger charge is -2.13. The molecule has 2 aromatic rings. The Kier molecular flexibility index (Phi) is 4.66. The summed E-state index contributed by atoms with van der Waals surface area (Å²) in [5.74, 6) is 0.222. The Balaban J connectivity index is 2.42. The number of aromatic nitrogens is 2. The van der Waals surface area contributed by atoms with Gasteiger partial charge in [0.2, 0.25) is 0 Å². The Bertz CT molecular complexity index is 599. The van der Waals surface area contributed by atoms with Crippen molar-refractivity contribution >= 4 is 0 Å². The molecule has 1 aromatic carbocycles. The summed E-state index contributed by atoms with van der Waals surface area (Å²) in [5, 5.41) is 8.16. The van der Waals surface area contributed by atoms with E-state index in [1.807, 2.05) is 13.8 Å². The third-order valence-corrected chi connectivity index (χ3v) is 3.31. The highest BCUT2D eigenvalue weighted by atomic mass is 19.1. The van der Waals surface area contributed by atoms with E-state index in [1.165, 1.54) is 12.1 Å². The molecule has 1 aromatic heterocycles. The first-order valence-corrected chi connectivity index (χ1v) is 6.85. The third kappa shape index (κ3) is 3.13. The molecule has 0 unspecified atom stereocenters. The van der Waals surface area contributed by atoms with Crippen LogP contribution >= 0.6 is 0 Å². The van der Waals surface area contributed by atoms with Gasteiger partial charge < -0.3 is 4.74 Å². The highest BCUT2D eigenvalue weighted by molar-refractivity contribution is 5.70. The number of aryl methyl sites for hydroxylation is 1. The van der Waals surface area contributed by atoms with Crippen LogP contribution in [0, 0.1) is 19.7 Å². The van der Waals surface area contributed by atoms with Crippen LogP contribution in [0.5, 0.6) is 5.75 Å².